The maximum absolute atomic E-state index is 11.0. The number of primary amides is 1. The molecule has 3 aliphatic rings. The van der Waals surface area contributed by atoms with Gasteiger partial charge in [-0.15, -0.1) is 6.04 Å². The molecule has 0 spiro atoms. The maximum Gasteiger partial charge on any atom is 0.404 e. The van der Waals surface area contributed by atoms with Gasteiger partial charge in [-0.3, -0.25) is 9.86 Å². The summed E-state index contributed by atoms with van der Waals surface area (Å²) in [6, 6.07) is 2.26. The van der Waals surface area contributed by atoms with Crippen LogP contribution in [0.1, 0.15) is 21.8 Å². The van der Waals surface area contributed by atoms with E-state index in [1.54, 1.807) is 6.07 Å². The van der Waals surface area contributed by atoms with Crippen molar-refractivity contribution >= 4 is 18.1 Å². The van der Waals surface area contributed by atoms with E-state index in [2.05, 4.69) is 5.32 Å². The number of hydroxylamine groups is 1. The van der Waals surface area contributed by atoms with Crippen molar-refractivity contribution in [2.75, 3.05) is 18.2 Å². The standard InChI is InChI=1S/C14H14N3O6.3Ac/c15-13(20)22-5-7-11-9(1-6(4-18)2-10(11)19)17-3-8-12(16-8)14(7,21)23-17;;;/h1-2,4,7-8,12,19,21H,3,5H2,(H2,15,20);;;/q-1;;;. The fourth-order valence-corrected chi connectivity index (χ4v) is 3.39. The summed E-state index contributed by atoms with van der Waals surface area (Å²) >= 11 is 0. The van der Waals surface area contributed by atoms with Crippen LogP contribution in [0.3, 0.4) is 0 Å². The Morgan fingerprint density at radius 1 is 1.46 bits per heavy atom. The predicted molar refractivity (Wildman–Crippen MR) is 76.1 cm³/mol. The largest absolute Gasteiger partial charge is 0.653 e. The number of hydrogen-bond donors (Lipinski definition) is 3. The Morgan fingerprint density at radius 3 is 2.77 bits per heavy atom. The van der Waals surface area contributed by atoms with Crippen molar-refractivity contribution in [3.8, 4) is 5.75 Å². The number of nitrogens with zero attached hydrogens (tertiary/aromatic N) is 2. The third-order valence-corrected chi connectivity index (χ3v) is 4.46. The number of fused-ring (bicyclic) bond motifs is 6. The number of phenols is 1. The molecule has 1 aromatic carbocycles. The minimum Gasteiger partial charge on any atom is -0.653 e. The van der Waals surface area contributed by atoms with Crippen LogP contribution in [-0.4, -0.2) is 53.6 Å². The number of phenolic OH excluding ortho intramolecular Hbond substituents is 1. The smallest absolute Gasteiger partial charge is 0.404 e. The summed E-state index contributed by atoms with van der Waals surface area (Å²) in [6.45, 7) is 0.129. The van der Waals surface area contributed by atoms with Gasteiger partial charge in [0.25, 0.3) is 0 Å². The fourth-order valence-electron chi connectivity index (χ4n) is 3.39. The summed E-state index contributed by atoms with van der Waals surface area (Å²) in [5.74, 6) is -2.79. The Hall–Kier alpha value is 1.96. The van der Waals surface area contributed by atoms with E-state index in [1.165, 1.54) is 11.1 Å². The minimum atomic E-state index is -1.73. The number of aromatic hydroxyl groups is 1. The van der Waals surface area contributed by atoms with Crippen LogP contribution in [0.2, 0.25) is 0 Å². The Bertz CT molecular complexity index is 723. The van der Waals surface area contributed by atoms with Crippen LogP contribution in [0.5, 0.6) is 5.75 Å². The molecule has 2 bridgehead atoms. The van der Waals surface area contributed by atoms with Gasteiger partial charge in [-0.25, -0.2) is 9.63 Å². The summed E-state index contributed by atoms with van der Waals surface area (Å²) in [6.07, 6.45) is -0.397. The predicted octanol–water partition coefficient (Wildman–Crippen LogP) is -0.0381. The number of rotatable bonds is 3. The molecule has 131 valence electrons. The van der Waals surface area contributed by atoms with Crippen molar-refractivity contribution < 1.29 is 162 Å². The molecule has 3 aliphatic heterocycles. The first-order chi connectivity index (χ1) is 10.9. The van der Waals surface area contributed by atoms with E-state index in [0.717, 1.165) is 0 Å². The van der Waals surface area contributed by atoms with E-state index in [-0.39, 0.29) is 156 Å². The van der Waals surface area contributed by atoms with Crippen molar-refractivity contribution in [1.82, 2.24) is 0 Å². The van der Waals surface area contributed by atoms with Crippen LogP contribution >= 0.6 is 0 Å². The first-order valence-corrected chi connectivity index (χ1v) is 7.07. The number of hydrogen-bond acceptors (Lipinski definition) is 7. The summed E-state index contributed by atoms with van der Waals surface area (Å²) in [5, 5.41) is 26.9. The number of amides is 1. The normalized spacial score (nSPS) is 29.6. The second-order valence-electron chi connectivity index (χ2n) is 5.84. The zero-order valence-electron chi connectivity index (χ0n) is 13.6. The number of benzene rings is 1. The van der Waals surface area contributed by atoms with E-state index in [9.17, 15) is 19.8 Å². The number of carbonyl (C=O) groups is 2. The zero-order valence-corrected chi connectivity index (χ0v) is 27.8. The molecule has 3 radical (unpaired) electrons. The molecule has 4 unspecified atom stereocenters. The van der Waals surface area contributed by atoms with Crippen molar-refractivity contribution in [3.05, 3.63) is 28.6 Å². The Kier molecular flexibility index (Phi) is 9.85. The molecular weight excluding hydrogens is 987 g/mol. The van der Waals surface area contributed by atoms with E-state index in [4.69, 9.17) is 15.3 Å². The monoisotopic (exact) mass is 1000 g/mol. The van der Waals surface area contributed by atoms with Gasteiger partial charge in [0.2, 0.25) is 0 Å². The van der Waals surface area contributed by atoms with Crippen LogP contribution in [0, 0.1) is 132 Å². The molecule has 12 heteroatoms. The van der Waals surface area contributed by atoms with Crippen LogP contribution in [0.4, 0.5) is 10.5 Å². The summed E-state index contributed by atoms with van der Waals surface area (Å²) in [5.41, 5.74) is 6.05. The second-order valence-corrected chi connectivity index (χ2v) is 5.84. The maximum atomic E-state index is 11.0. The topological polar surface area (TPSA) is 136 Å². The van der Waals surface area contributed by atoms with Crippen LogP contribution in [-0.2, 0) is 9.57 Å². The van der Waals surface area contributed by atoms with Gasteiger partial charge in [-0.05, 0) is 12.1 Å². The molecule has 2 fully saturated rings. The van der Waals surface area contributed by atoms with Crippen molar-refractivity contribution in [1.29, 1.82) is 0 Å². The van der Waals surface area contributed by atoms with Gasteiger partial charge in [0.05, 0.1) is 11.6 Å². The van der Waals surface area contributed by atoms with Gasteiger partial charge < -0.3 is 26.0 Å². The average molecular weight is 1000 g/mol. The SMILES string of the molecule is NC(=O)OCC1c2c(O)cc(C=O)cc2N2CC3[N-]C3C1(O)O2.[Ac].[Ac].[Ac]. The third kappa shape index (κ3) is 4.50. The number of aliphatic hydroxyl groups is 1. The van der Waals surface area contributed by atoms with Crippen LogP contribution in [0.25, 0.3) is 5.32 Å². The molecule has 0 saturated carbocycles. The van der Waals surface area contributed by atoms with Crippen molar-refractivity contribution in [3.63, 3.8) is 0 Å². The molecule has 4 N–H and O–H groups in total. The Labute approximate surface area is 256 Å². The number of aldehydes is 1. The van der Waals surface area contributed by atoms with Gasteiger partial charge in [0.1, 0.15) is 18.6 Å². The molecule has 1 aromatic rings. The average Bonchev–Trinajstić information content (AvgIpc) is 3.27. The van der Waals surface area contributed by atoms with E-state index >= 15 is 0 Å². The Morgan fingerprint density at radius 2 is 2.15 bits per heavy atom. The number of anilines is 1. The molecule has 4 rings (SSSR count). The molecule has 1 amide bonds. The first kappa shape index (κ1) is 26.0. The summed E-state index contributed by atoms with van der Waals surface area (Å²) in [4.78, 5) is 27.6. The second kappa shape index (κ2) is 9.85. The van der Waals surface area contributed by atoms with E-state index < -0.39 is 23.8 Å². The van der Waals surface area contributed by atoms with Gasteiger partial charge in [0.15, 0.2) is 5.79 Å². The van der Waals surface area contributed by atoms with Crippen molar-refractivity contribution in [2.24, 2.45) is 5.73 Å². The number of nitrogens with two attached hydrogens (primary N) is 1. The molecule has 0 aromatic heterocycles. The molecule has 3 heterocycles. The third-order valence-electron chi connectivity index (χ3n) is 4.46. The number of carbonyl (C=O) groups excluding carboxylic acids is 2. The molecule has 0 aliphatic carbocycles. The molecule has 26 heavy (non-hydrogen) atoms. The van der Waals surface area contributed by atoms with Crippen LogP contribution < -0.4 is 10.8 Å². The van der Waals surface area contributed by atoms with Crippen molar-refractivity contribution in [2.45, 2.75) is 23.8 Å². The quantitative estimate of drug-likeness (QED) is 0.286. The van der Waals surface area contributed by atoms with Gasteiger partial charge in [-0.2, -0.15) is 0 Å². The first-order valence-electron chi connectivity index (χ1n) is 7.07. The number of ether oxygens (including phenoxy) is 1. The summed E-state index contributed by atoms with van der Waals surface area (Å²) in [7, 11) is 0. The van der Waals surface area contributed by atoms with Gasteiger partial charge in [0, 0.05) is 150 Å². The molecule has 4 atom stereocenters. The molecule has 9 nitrogen and oxygen atoms in total. The minimum absolute atomic E-state index is 0. The fraction of sp³-hybridized carbons (Fsp3) is 0.429. The van der Waals surface area contributed by atoms with Gasteiger partial charge in [-0.1, -0.05) is 6.04 Å². The van der Waals surface area contributed by atoms with Crippen LogP contribution in [0.15, 0.2) is 12.1 Å². The molecular formula is C14H14Ac3N3O6-. The zero-order chi connectivity index (χ0) is 16.4. The van der Waals surface area contributed by atoms with Gasteiger partial charge >= 0.3 is 6.09 Å². The Balaban J connectivity index is 0.00000113. The van der Waals surface area contributed by atoms with E-state index in [0.29, 0.717) is 24.1 Å². The summed E-state index contributed by atoms with van der Waals surface area (Å²) < 4.78 is 4.83. The molecule has 2 saturated heterocycles. The van der Waals surface area contributed by atoms with E-state index in [1.807, 2.05) is 0 Å².